The third-order valence-corrected chi connectivity index (χ3v) is 4.45. The van der Waals surface area contributed by atoms with Gasteiger partial charge in [0.15, 0.2) is 0 Å². The zero-order chi connectivity index (χ0) is 18.9. The van der Waals surface area contributed by atoms with Gasteiger partial charge in [-0.15, -0.1) is 0 Å². The summed E-state index contributed by atoms with van der Waals surface area (Å²) in [5, 5.41) is 24.5. The summed E-state index contributed by atoms with van der Waals surface area (Å²) in [4.78, 5) is 22.9. The lowest BCUT2D eigenvalue weighted by atomic mass is 9.79. The zero-order valence-corrected chi connectivity index (χ0v) is 14.9. The molecule has 2 rings (SSSR count). The number of hydrogen-bond acceptors (Lipinski definition) is 4. The second kappa shape index (κ2) is 9.65. The number of aliphatic hydroxyl groups is 1. The molecule has 0 bridgehead atoms. The fourth-order valence-corrected chi connectivity index (χ4v) is 3.09. The topological polar surface area (TPSA) is 98.7 Å². The van der Waals surface area contributed by atoms with E-state index in [4.69, 9.17) is 0 Å². The Morgan fingerprint density at radius 2 is 1.85 bits per heavy atom. The predicted molar refractivity (Wildman–Crippen MR) is 99.7 cm³/mol. The number of carbonyl (C=O) groups excluding carboxylic acids is 2. The highest BCUT2D eigenvalue weighted by atomic mass is 16.3. The molecule has 2 amide bonds. The van der Waals surface area contributed by atoms with Gasteiger partial charge in [-0.05, 0) is 54.5 Å². The van der Waals surface area contributed by atoms with E-state index in [-0.39, 0.29) is 35.2 Å². The maximum atomic E-state index is 12.1. The van der Waals surface area contributed by atoms with Crippen molar-refractivity contribution in [3.05, 3.63) is 53.8 Å². The maximum absolute atomic E-state index is 12.1. The Morgan fingerprint density at radius 3 is 2.46 bits per heavy atom. The van der Waals surface area contributed by atoms with Gasteiger partial charge in [0.2, 0.25) is 11.8 Å². The van der Waals surface area contributed by atoms with Crippen LogP contribution < -0.4 is 10.6 Å². The van der Waals surface area contributed by atoms with Crippen molar-refractivity contribution in [1.29, 1.82) is 0 Å². The van der Waals surface area contributed by atoms with Crippen molar-refractivity contribution in [3.8, 4) is 5.75 Å². The van der Waals surface area contributed by atoms with Gasteiger partial charge in [-0.2, -0.15) is 0 Å². The van der Waals surface area contributed by atoms with E-state index in [1.807, 2.05) is 18.2 Å². The number of nitrogens with one attached hydrogen (secondary N) is 2. The van der Waals surface area contributed by atoms with Gasteiger partial charge >= 0.3 is 0 Å². The van der Waals surface area contributed by atoms with Crippen molar-refractivity contribution < 1.29 is 19.8 Å². The number of phenols is 1. The number of aromatic hydroxyl groups is 1. The number of carbonyl (C=O) groups is 2. The van der Waals surface area contributed by atoms with Crippen molar-refractivity contribution in [2.75, 3.05) is 13.1 Å². The first-order valence-electron chi connectivity index (χ1n) is 8.83. The molecule has 0 saturated heterocycles. The fourth-order valence-electron chi connectivity index (χ4n) is 3.09. The van der Waals surface area contributed by atoms with Crippen LogP contribution in [0.15, 0.2) is 48.3 Å². The van der Waals surface area contributed by atoms with E-state index in [1.54, 1.807) is 24.3 Å². The van der Waals surface area contributed by atoms with E-state index in [2.05, 4.69) is 10.6 Å². The molecule has 6 nitrogen and oxygen atoms in total. The standard InChI is InChI=1S/C20H26N2O4/c1-14(23)21-12-13-22-20(26)11-10-19(15-2-6-17(24)7-3-15)16-4-8-18(25)9-5-16/h2-4,6-9,16,19,24-25H,5,10-13H2,1H3,(H,21,23)(H,22,26)/t16?,19-/m0/s1. The molecule has 140 valence electrons. The van der Waals surface area contributed by atoms with Crippen molar-refractivity contribution in [3.63, 3.8) is 0 Å². The number of aliphatic hydroxyl groups excluding tert-OH is 1. The summed E-state index contributed by atoms with van der Waals surface area (Å²) >= 11 is 0. The Kier molecular flexibility index (Phi) is 7.26. The third kappa shape index (κ3) is 6.27. The Labute approximate surface area is 153 Å². The molecular weight excluding hydrogens is 332 g/mol. The number of hydrogen-bond donors (Lipinski definition) is 4. The molecule has 0 aromatic heterocycles. The molecule has 6 heteroatoms. The van der Waals surface area contributed by atoms with Crippen molar-refractivity contribution in [2.45, 2.75) is 32.1 Å². The lowest BCUT2D eigenvalue weighted by molar-refractivity contribution is -0.122. The summed E-state index contributed by atoms with van der Waals surface area (Å²) in [6.45, 7) is 2.26. The predicted octanol–water partition coefficient (Wildman–Crippen LogP) is 2.53. The Balaban J connectivity index is 1.94. The highest BCUT2D eigenvalue weighted by molar-refractivity contribution is 5.76. The number of allylic oxidation sites excluding steroid dienone is 3. The summed E-state index contributed by atoms with van der Waals surface area (Å²) in [7, 11) is 0. The first-order chi connectivity index (χ1) is 12.5. The minimum atomic E-state index is -0.118. The van der Waals surface area contributed by atoms with Crippen LogP contribution in [0.25, 0.3) is 0 Å². The van der Waals surface area contributed by atoms with E-state index in [9.17, 15) is 19.8 Å². The molecule has 0 spiro atoms. The van der Waals surface area contributed by atoms with Gasteiger partial charge in [0.05, 0.1) is 0 Å². The lowest BCUT2D eigenvalue weighted by Crippen LogP contribution is -2.33. The number of benzene rings is 1. The smallest absolute Gasteiger partial charge is 0.220 e. The van der Waals surface area contributed by atoms with E-state index in [0.29, 0.717) is 32.4 Å². The average Bonchev–Trinajstić information content (AvgIpc) is 2.61. The van der Waals surface area contributed by atoms with Crippen LogP contribution in [-0.2, 0) is 9.59 Å². The molecule has 0 heterocycles. The monoisotopic (exact) mass is 358 g/mol. The van der Waals surface area contributed by atoms with Gasteiger partial charge in [0.25, 0.3) is 0 Å². The van der Waals surface area contributed by atoms with Gasteiger partial charge in [-0.1, -0.05) is 18.2 Å². The quantitative estimate of drug-likeness (QED) is 0.537. The molecule has 1 unspecified atom stereocenters. The highest BCUT2D eigenvalue weighted by Gasteiger charge is 2.23. The zero-order valence-electron chi connectivity index (χ0n) is 14.9. The van der Waals surface area contributed by atoms with Crippen LogP contribution in [0.1, 0.15) is 37.7 Å². The summed E-state index contributed by atoms with van der Waals surface area (Å²) in [6, 6.07) is 7.05. The fraction of sp³-hybridized carbons (Fsp3) is 0.400. The van der Waals surface area contributed by atoms with Crippen LogP contribution >= 0.6 is 0 Å². The molecular formula is C20H26N2O4. The lowest BCUT2D eigenvalue weighted by Gasteiger charge is -2.26. The molecule has 0 saturated carbocycles. The summed E-state index contributed by atoms with van der Waals surface area (Å²) in [5.41, 5.74) is 1.05. The number of rotatable bonds is 8. The normalized spacial score (nSPS) is 17.3. The van der Waals surface area contributed by atoms with E-state index < -0.39 is 0 Å². The molecule has 2 atom stereocenters. The summed E-state index contributed by atoms with van der Waals surface area (Å²) < 4.78 is 0. The molecule has 1 aliphatic rings. The average molecular weight is 358 g/mol. The van der Waals surface area contributed by atoms with Crippen molar-refractivity contribution in [2.24, 2.45) is 5.92 Å². The van der Waals surface area contributed by atoms with Crippen LogP contribution in [-0.4, -0.2) is 35.1 Å². The van der Waals surface area contributed by atoms with Gasteiger partial charge < -0.3 is 20.8 Å². The molecule has 4 N–H and O–H groups in total. The highest BCUT2D eigenvalue weighted by Crippen LogP contribution is 2.35. The Hall–Kier alpha value is -2.76. The molecule has 0 aliphatic heterocycles. The van der Waals surface area contributed by atoms with E-state index >= 15 is 0 Å². The van der Waals surface area contributed by atoms with Crippen LogP contribution in [0, 0.1) is 5.92 Å². The van der Waals surface area contributed by atoms with Gasteiger partial charge in [-0.25, -0.2) is 0 Å². The molecule has 0 fully saturated rings. The Bertz CT molecular complexity index is 680. The molecule has 0 radical (unpaired) electrons. The second-order valence-electron chi connectivity index (χ2n) is 6.46. The third-order valence-electron chi connectivity index (χ3n) is 4.45. The van der Waals surface area contributed by atoms with Crippen molar-refractivity contribution in [1.82, 2.24) is 10.6 Å². The summed E-state index contributed by atoms with van der Waals surface area (Å²) in [6.07, 6.45) is 7.17. The van der Waals surface area contributed by atoms with E-state index in [0.717, 1.165) is 5.56 Å². The molecule has 1 aliphatic carbocycles. The minimum Gasteiger partial charge on any atom is -0.508 e. The van der Waals surface area contributed by atoms with Crippen molar-refractivity contribution >= 4 is 11.8 Å². The Morgan fingerprint density at radius 1 is 1.15 bits per heavy atom. The first-order valence-corrected chi connectivity index (χ1v) is 8.83. The van der Waals surface area contributed by atoms with Crippen LogP contribution in [0.5, 0.6) is 5.75 Å². The largest absolute Gasteiger partial charge is 0.508 e. The molecule has 26 heavy (non-hydrogen) atoms. The van der Waals surface area contributed by atoms with Gasteiger partial charge in [-0.3, -0.25) is 9.59 Å². The van der Waals surface area contributed by atoms with Gasteiger partial charge in [0, 0.05) is 26.4 Å². The van der Waals surface area contributed by atoms with E-state index in [1.165, 1.54) is 6.92 Å². The second-order valence-corrected chi connectivity index (χ2v) is 6.46. The SMILES string of the molecule is CC(=O)NCCNC(=O)CC[C@@H](c1ccc(O)cc1)C1C=CC(O)=CC1. The number of amides is 2. The van der Waals surface area contributed by atoms with Crippen LogP contribution in [0.3, 0.4) is 0 Å². The molecule has 1 aromatic rings. The minimum absolute atomic E-state index is 0.0580. The molecule has 1 aromatic carbocycles. The summed E-state index contributed by atoms with van der Waals surface area (Å²) in [5.74, 6) is 0.589. The van der Waals surface area contributed by atoms with Gasteiger partial charge in [0.1, 0.15) is 11.5 Å². The maximum Gasteiger partial charge on any atom is 0.220 e. The first kappa shape index (κ1) is 19.6. The van der Waals surface area contributed by atoms with Crippen LogP contribution in [0.4, 0.5) is 0 Å². The van der Waals surface area contributed by atoms with Crippen LogP contribution in [0.2, 0.25) is 0 Å². The number of phenolic OH excluding ortho intramolecular Hbond substituents is 1.